The number of nitrogen functional groups attached to an aromatic ring is 1. The molecule has 1 heterocycles. The topological polar surface area (TPSA) is 69.6 Å². The summed E-state index contributed by atoms with van der Waals surface area (Å²) in [5, 5.41) is 12.4. The van der Waals surface area contributed by atoms with Crippen molar-refractivity contribution in [2.24, 2.45) is 0 Å². The van der Waals surface area contributed by atoms with Gasteiger partial charge in [0.05, 0.1) is 10.7 Å². The molecule has 6 heteroatoms. The number of aromatic nitrogens is 4. The van der Waals surface area contributed by atoms with Gasteiger partial charge in [-0.15, -0.1) is 5.10 Å². The molecule has 0 spiro atoms. The quantitative estimate of drug-likeness (QED) is 0.735. The van der Waals surface area contributed by atoms with Crippen molar-refractivity contribution in [2.75, 3.05) is 5.73 Å². The van der Waals surface area contributed by atoms with E-state index < -0.39 is 0 Å². The first kappa shape index (κ1) is 12.6. The summed E-state index contributed by atoms with van der Waals surface area (Å²) in [4.78, 5) is 0. The Balaban J connectivity index is 2.15. The highest BCUT2D eigenvalue weighted by Crippen LogP contribution is 2.25. The van der Waals surface area contributed by atoms with Crippen molar-refractivity contribution >= 4 is 17.3 Å². The van der Waals surface area contributed by atoms with Gasteiger partial charge in [0.15, 0.2) is 5.82 Å². The van der Waals surface area contributed by atoms with E-state index in [4.69, 9.17) is 17.3 Å². The lowest BCUT2D eigenvalue weighted by molar-refractivity contribution is 0.791. The Bertz CT molecular complexity index is 749. The Morgan fingerprint density at radius 1 is 1.10 bits per heavy atom. The number of rotatable bonds is 2. The highest BCUT2D eigenvalue weighted by atomic mass is 35.5. The maximum Gasteiger partial charge on any atom is 0.187 e. The molecule has 0 bridgehead atoms. The molecule has 0 amide bonds. The minimum absolute atomic E-state index is 0.597. The van der Waals surface area contributed by atoms with Crippen LogP contribution >= 0.6 is 11.6 Å². The van der Waals surface area contributed by atoms with Crippen LogP contribution in [0.25, 0.3) is 17.1 Å². The molecule has 3 aromatic rings. The molecule has 0 aliphatic rings. The maximum absolute atomic E-state index is 6.24. The first-order chi connectivity index (χ1) is 9.65. The van der Waals surface area contributed by atoms with Gasteiger partial charge in [0, 0.05) is 11.3 Å². The van der Waals surface area contributed by atoms with Crippen LogP contribution in [0.2, 0.25) is 5.02 Å². The monoisotopic (exact) mass is 285 g/mol. The third-order valence-corrected chi connectivity index (χ3v) is 3.29. The summed E-state index contributed by atoms with van der Waals surface area (Å²) in [7, 11) is 0. The standard InChI is InChI=1S/C14H12ClN5/c1-9-2-7-12(15)13(8-9)20-14(17-18-19-20)10-3-5-11(16)6-4-10/h2-8H,16H2,1H3. The summed E-state index contributed by atoms with van der Waals surface area (Å²) >= 11 is 6.24. The minimum Gasteiger partial charge on any atom is -0.399 e. The van der Waals surface area contributed by atoms with Crippen LogP contribution in [0.3, 0.4) is 0 Å². The van der Waals surface area contributed by atoms with Gasteiger partial charge in [-0.25, -0.2) is 0 Å². The van der Waals surface area contributed by atoms with Crippen molar-refractivity contribution in [1.29, 1.82) is 0 Å². The van der Waals surface area contributed by atoms with Crippen molar-refractivity contribution < 1.29 is 0 Å². The lowest BCUT2D eigenvalue weighted by atomic mass is 10.2. The molecular formula is C14H12ClN5. The van der Waals surface area contributed by atoms with Crippen LogP contribution < -0.4 is 5.73 Å². The largest absolute Gasteiger partial charge is 0.399 e. The van der Waals surface area contributed by atoms with Crippen LogP contribution in [0.1, 0.15) is 5.56 Å². The van der Waals surface area contributed by atoms with Gasteiger partial charge in [0.25, 0.3) is 0 Å². The van der Waals surface area contributed by atoms with Gasteiger partial charge in [-0.2, -0.15) is 4.68 Å². The van der Waals surface area contributed by atoms with Crippen LogP contribution in [-0.4, -0.2) is 20.2 Å². The first-order valence-corrected chi connectivity index (χ1v) is 6.44. The van der Waals surface area contributed by atoms with Gasteiger partial charge in [-0.1, -0.05) is 17.7 Å². The zero-order valence-corrected chi connectivity index (χ0v) is 11.5. The van der Waals surface area contributed by atoms with Gasteiger partial charge in [-0.05, 0) is 59.3 Å². The van der Waals surface area contributed by atoms with Crippen LogP contribution in [-0.2, 0) is 0 Å². The number of nitrogens with two attached hydrogens (primary N) is 1. The molecule has 100 valence electrons. The van der Waals surface area contributed by atoms with E-state index in [0.717, 1.165) is 16.8 Å². The molecule has 1 aromatic heterocycles. The number of aryl methyl sites for hydroxylation is 1. The fraction of sp³-hybridized carbons (Fsp3) is 0.0714. The predicted molar refractivity (Wildman–Crippen MR) is 78.7 cm³/mol. The Morgan fingerprint density at radius 3 is 2.60 bits per heavy atom. The van der Waals surface area contributed by atoms with Gasteiger partial charge in [0.2, 0.25) is 0 Å². The van der Waals surface area contributed by atoms with Gasteiger partial charge >= 0.3 is 0 Å². The van der Waals surface area contributed by atoms with Crippen molar-refractivity contribution in [3.05, 3.63) is 53.1 Å². The molecule has 0 fully saturated rings. The molecule has 0 radical (unpaired) electrons. The summed E-state index contributed by atoms with van der Waals surface area (Å²) in [6, 6.07) is 13.1. The molecule has 0 aliphatic heterocycles. The second kappa shape index (κ2) is 4.94. The third-order valence-electron chi connectivity index (χ3n) is 2.97. The molecule has 2 N–H and O–H groups in total. The van der Waals surface area contributed by atoms with E-state index >= 15 is 0 Å². The molecule has 3 rings (SSSR count). The summed E-state index contributed by atoms with van der Waals surface area (Å²) in [5.74, 6) is 0.623. The Hall–Kier alpha value is -2.40. The number of nitrogens with zero attached hydrogens (tertiary/aromatic N) is 4. The van der Waals surface area contributed by atoms with E-state index in [-0.39, 0.29) is 0 Å². The predicted octanol–water partition coefficient (Wildman–Crippen LogP) is 2.87. The van der Waals surface area contributed by atoms with E-state index in [9.17, 15) is 0 Å². The number of tetrazole rings is 1. The van der Waals surface area contributed by atoms with Gasteiger partial charge in [-0.3, -0.25) is 0 Å². The summed E-state index contributed by atoms with van der Waals surface area (Å²) in [6.45, 7) is 1.99. The number of anilines is 1. The lowest BCUT2D eigenvalue weighted by Gasteiger charge is -2.07. The number of benzene rings is 2. The molecule has 0 unspecified atom stereocenters. The van der Waals surface area contributed by atoms with E-state index in [1.165, 1.54) is 0 Å². The molecule has 0 atom stereocenters. The Kier molecular flexibility index (Phi) is 3.12. The number of halogens is 1. The summed E-state index contributed by atoms with van der Waals surface area (Å²) in [6.07, 6.45) is 0. The van der Waals surface area contributed by atoms with Gasteiger partial charge in [0.1, 0.15) is 0 Å². The Morgan fingerprint density at radius 2 is 1.85 bits per heavy atom. The summed E-state index contributed by atoms with van der Waals surface area (Å²) < 4.78 is 1.63. The zero-order valence-electron chi connectivity index (χ0n) is 10.8. The van der Waals surface area contributed by atoms with Gasteiger partial charge < -0.3 is 5.73 Å². The molecule has 20 heavy (non-hydrogen) atoms. The lowest BCUT2D eigenvalue weighted by Crippen LogP contribution is -2.01. The van der Waals surface area contributed by atoms with Crippen LogP contribution in [0, 0.1) is 6.92 Å². The average Bonchev–Trinajstić information content (AvgIpc) is 2.91. The fourth-order valence-electron chi connectivity index (χ4n) is 1.95. The smallest absolute Gasteiger partial charge is 0.187 e. The number of hydrogen-bond acceptors (Lipinski definition) is 4. The zero-order chi connectivity index (χ0) is 14.1. The van der Waals surface area contributed by atoms with Crippen LogP contribution in [0.15, 0.2) is 42.5 Å². The molecule has 5 nitrogen and oxygen atoms in total. The molecule has 0 saturated carbocycles. The van der Waals surface area contributed by atoms with Crippen molar-refractivity contribution in [3.63, 3.8) is 0 Å². The molecule has 0 aliphatic carbocycles. The maximum atomic E-state index is 6.24. The molecule has 0 saturated heterocycles. The number of hydrogen-bond donors (Lipinski definition) is 1. The van der Waals surface area contributed by atoms with Crippen molar-refractivity contribution in [2.45, 2.75) is 6.92 Å². The van der Waals surface area contributed by atoms with Crippen LogP contribution in [0.4, 0.5) is 5.69 Å². The van der Waals surface area contributed by atoms with Crippen molar-refractivity contribution in [1.82, 2.24) is 20.2 Å². The van der Waals surface area contributed by atoms with Crippen LogP contribution in [0.5, 0.6) is 0 Å². The SMILES string of the molecule is Cc1ccc(Cl)c(-n2nnnc2-c2ccc(N)cc2)c1. The highest BCUT2D eigenvalue weighted by Gasteiger charge is 2.13. The Labute approximate surface area is 121 Å². The van der Waals surface area contributed by atoms with E-state index in [0.29, 0.717) is 16.5 Å². The highest BCUT2D eigenvalue weighted by molar-refractivity contribution is 6.32. The summed E-state index contributed by atoms with van der Waals surface area (Å²) in [5.41, 5.74) is 9.11. The van der Waals surface area contributed by atoms with E-state index in [1.807, 2.05) is 49.4 Å². The van der Waals surface area contributed by atoms with E-state index in [1.54, 1.807) is 4.68 Å². The second-order valence-electron chi connectivity index (χ2n) is 4.49. The van der Waals surface area contributed by atoms with E-state index in [2.05, 4.69) is 15.5 Å². The fourth-order valence-corrected chi connectivity index (χ4v) is 2.14. The first-order valence-electron chi connectivity index (χ1n) is 6.06. The molecule has 2 aromatic carbocycles. The minimum atomic E-state index is 0.597. The second-order valence-corrected chi connectivity index (χ2v) is 4.90. The third kappa shape index (κ3) is 2.23. The average molecular weight is 286 g/mol. The molecular weight excluding hydrogens is 274 g/mol. The normalized spacial score (nSPS) is 10.7. The van der Waals surface area contributed by atoms with Crippen molar-refractivity contribution in [3.8, 4) is 17.1 Å².